The summed E-state index contributed by atoms with van der Waals surface area (Å²) in [5.74, 6) is 0.826. The van der Waals surface area contributed by atoms with Crippen LogP contribution < -0.4 is 0 Å². The molecule has 8 nitrogen and oxygen atoms in total. The highest BCUT2D eigenvalue weighted by atomic mass is 16.5. The minimum atomic E-state index is -0.0321. The maximum Gasteiger partial charge on any atom is 0.173 e. The molecular formula is C18H22N6O2. The highest BCUT2D eigenvalue weighted by molar-refractivity contribution is 5.79. The molecule has 136 valence electrons. The molecule has 3 heterocycles. The van der Waals surface area contributed by atoms with E-state index in [1.54, 1.807) is 7.11 Å². The molecule has 0 spiro atoms. The van der Waals surface area contributed by atoms with E-state index >= 15 is 0 Å². The summed E-state index contributed by atoms with van der Waals surface area (Å²) in [5.41, 5.74) is 2.14. The molecule has 3 aromatic rings. The number of benzene rings is 1. The second-order valence-corrected chi connectivity index (χ2v) is 6.26. The van der Waals surface area contributed by atoms with E-state index in [4.69, 9.17) is 9.47 Å². The van der Waals surface area contributed by atoms with Gasteiger partial charge in [-0.2, -0.15) is 0 Å². The quantitative estimate of drug-likeness (QED) is 0.660. The summed E-state index contributed by atoms with van der Waals surface area (Å²) in [5, 5.41) is 13.5. The van der Waals surface area contributed by atoms with Crippen molar-refractivity contribution in [1.82, 2.24) is 30.1 Å². The van der Waals surface area contributed by atoms with Gasteiger partial charge in [0, 0.05) is 31.8 Å². The summed E-state index contributed by atoms with van der Waals surface area (Å²) >= 11 is 0. The van der Waals surface area contributed by atoms with Gasteiger partial charge in [-0.25, -0.2) is 4.68 Å². The molecule has 1 fully saturated rings. The summed E-state index contributed by atoms with van der Waals surface area (Å²) in [6.07, 6.45) is 1.81. The molecule has 0 radical (unpaired) electrons. The fourth-order valence-corrected chi connectivity index (χ4v) is 3.37. The molecule has 8 heteroatoms. The molecule has 1 saturated heterocycles. The largest absolute Gasteiger partial charge is 0.383 e. The van der Waals surface area contributed by atoms with Gasteiger partial charge in [0.25, 0.3) is 0 Å². The van der Waals surface area contributed by atoms with Crippen LogP contribution in [0.15, 0.2) is 36.5 Å². The second-order valence-electron chi connectivity index (χ2n) is 6.26. The van der Waals surface area contributed by atoms with Gasteiger partial charge in [-0.1, -0.05) is 12.1 Å². The molecule has 1 unspecified atom stereocenters. The van der Waals surface area contributed by atoms with Crippen LogP contribution in [0.3, 0.4) is 0 Å². The zero-order valence-electron chi connectivity index (χ0n) is 14.8. The number of fused-ring (bicyclic) bond motifs is 1. The van der Waals surface area contributed by atoms with Gasteiger partial charge in [0.1, 0.15) is 0 Å². The van der Waals surface area contributed by atoms with Crippen LogP contribution in [0.5, 0.6) is 0 Å². The van der Waals surface area contributed by atoms with Crippen molar-refractivity contribution in [3.8, 4) is 0 Å². The van der Waals surface area contributed by atoms with Crippen molar-refractivity contribution in [2.75, 3.05) is 40.0 Å². The Morgan fingerprint density at radius 1 is 1.23 bits per heavy atom. The van der Waals surface area contributed by atoms with E-state index in [1.807, 2.05) is 16.9 Å². The lowest BCUT2D eigenvalue weighted by atomic mass is 10.0. The Morgan fingerprint density at radius 2 is 2.12 bits per heavy atom. The minimum Gasteiger partial charge on any atom is -0.383 e. The van der Waals surface area contributed by atoms with E-state index in [-0.39, 0.29) is 6.04 Å². The first-order valence-corrected chi connectivity index (χ1v) is 8.78. The predicted octanol–water partition coefficient (Wildman–Crippen LogP) is 1.29. The zero-order chi connectivity index (χ0) is 17.8. The van der Waals surface area contributed by atoms with E-state index in [2.05, 4.69) is 49.7 Å². The molecule has 26 heavy (non-hydrogen) atoms. The van der Waals surface area contributed by atoms with Crippen LogP contribution in [-0.2, 0) is 16.0 Å². The number of hydrogen-bond donors (Lipinski definition) is 0. The Bertz CT molecular complexity index is 862. The molecule has 1 atom stereocenters. The maximum atomic E-state index is 5.54. The topological polar surface area (TPSA) is 78.2 Å². The first-order chi connectivity index (χ1) is 12.9. The zero-order valence-corrected chi connectivity index (χ0v) is 14.8. The van der Waals surface area contributed by atoms with Crippen molar-refractivity contribution in [3.05, 3.63) is 47.9 Å². The molecular weight excluding hydrogens is 332 g/mol. The number of hydrogen-bond acceptors (Lipinski definition) is 7. The lowest BCUT2D eigenvalue weighted by molar-refractivity contribution is 0.0214. The smallest absolute Gasteiger partial charge is 0.173 e. The van der Waals surface area contributed by atoms with Crippen molar-refractivity contribution in [1.29, 1.82) is 0 Å². The normalized spacial score (nSPS) is 16.8. The van der Waals surface area contributed by atoms with E-state index in [9.17, 15) is 0 Å². The predicted molar refractivity (Wildman–Crippen MR) is 95.7 cm³/mol. The van der Waals surface area contributed by atoms with Gasteiger partial charge in [-0.15, -0.1) is 5.10 Å². The number of ether oxygens (including phenoxy) is 2. The fraction of sp³-hybridized carbons (Fsp3) is 0.444. The summed E-state index contributed by atoms with van der Waals surface area (Å²) in [7, 11) is 1.68. The van der Waals surface area contributed by atoms with Gasteiger partial charge in [0.05, 0.1) is 37.9 Å². The van der Waals surface area contributed by atoms with Gasteiger partial charge >= 0.3 is 0 Å². The van der Waals surface area contributed by atoms with E-state index in [0.29, 0.717) is 26.4 Å². The van der Waals surface area contributed by atoms with Crippen LogP contribution in [-0.4, -0.2) is 70.1 Å². The van der Waals surface area contributed by atoms with Gasteiger partial charge in [-0.3, -0.25) is 9.88 Å². The van der Waals surface area contributed by atoms with Gasteiger partial charge in [0.15, 0.2) is 5.82 Å². The van der Waals surface area contributed by atoms with Crippen LogP contribution in [0.1, 0.15) is 17.4 Å². The molecule has 1 aliphatic heterocycles. The highest BCUT2D eigenvalue weighted by Gasteiger charge is 2.29. The average molecular weight is 354 g/mol. The molecule has 0 saturated carbocycles. The SMILES string of the molecule is COCCn1nnnc1C(c1ccc2ncccc2c1)N1CCOCC1. The van der Waals surface area contributed by atoms with Crippen molar-refractivity contribution in [3.63, 3.8) is 0 Å². The number of tetrazole rings is 1. The third-order valence-corrected chi connectivity index (χ3v) is 4.67. The van der Waals surface area contributed by atoms with Crippen molar-refractivity contribution >= 4 is 10.9 Å². The van der Waals surface area contributed by atoms with Crippen molar-refractivity contribution in [2.45, 2.75) is 12.6 Å². The number of morpholine rings is 1. The summed E-state index contributed by atoms with van der Waals surface area (Å²) < 4.78 is 12.6. The Hall–Kier alpha value is -2.42. The monoisotopic (exact) mass is 354 g/mol. The summed E-state index contributed by atoms with van der Waals surface area (Å²) in [6, 6.07) is 10.4. The molecule has 0 aliphatic carbocycles. The van der Waals surface area contributed by atoms with Crippen molar-refractivity contribution in [2.24, 2.45) is 0 Å². The first kappa shape index (κ1) is 17.0. The summed E-state index contributed by atoms with van der Waals surface area (Å²) in [6.45, 7) is 4.29. The van der Waals surface area contributed by atoms with Crippen LogP contribution in [0.25, 0.3) is 10.9 Å². The van der Waals surface area contributed by atoms with E-state index in [1.165, 1.54) is 0 Å². The average Bonchev–Trinajstić information content (AvgIpc) is 3.15. The minimum absolute atomic E-state index is 0.0321. The third-order valence-electron chi connectivity index (χ3n) is 4.67. The van der Waals surface area contributed by atoms with Gasteiger partial charge in [-0.05, 0) is 34.2 Å². The maximum absolute atomic E-state index is 5.54. The van der Waals surface area contributed by atoms with Gasteiger partial charge < -0.3 is 9.47 Å². The number of nitrogens with zero attached hydrogens (tertiary/aromatic N) is 6. The standard InChI is InChI=1S/C18H22N6O2/c1-25-10-9-24-18(20-21-22-24)17(23-7-11-26-12-8-23)15-4-5-16-14(13-15)3-2-6-19-16/h2-6,13,17H,7-12H2,1H3. The number of aromatic nitrogens is 5. The molecule has 1 aromatic carbocycles. The van der Waals surface area contributed by atoms with E-state index in [0.717, 1.165) is 35.4 Å². The van der Waals surface area contributed by atoms with Crippen LogP contribution in [0, 0.1) is 0 Å². The first-order valence-electron chi connectivity index (χ1n) is 8.78. The lowest BCUT2D eigenvalue weighted by Crippen LogP contribution is -2.40. The van der Waals surface area contributed by atoms with Crippen LogP contribution >= 0.6 is 0 Å². The second kappa shape index (κ2) is 7.86. The number of methoxy groups -OCH3 is 1. The van der Waals surface area contributed by atoms with Gasteiger partial charge in [0.2, 0.25) is 0 Å². The summed E-state index contributed by atoms with van der Waals surface area (Å²) in [4.78, 5) is 6.79. The Morgan fingerprint density at radius 3 is 2.96 bits per heavy atom. The Balaban J connectivity index is 1.76. The molecule has 1 aliphatic rings. The molecule has 2 aromatic heterocycles. The fourth-order valence-electron chi connectivity index (χ4n) is 3.37. The van der Waals surface area contributed by atoms with Crippen LogP contribution in [0.4, 0.5) is 0 Å². The molecule has 4 rings (SSSR count). The van der Waals surface area contributed by atoms with Crippen LogP contribution in [0.2, 0.25) is 0 Å². The molecule has 0 amide bonds. The highest BCUT2D eigenvalue weighted by Crippen LogP contribution is 2.29. The van der Waals surface area contributed by atoms with E-state index < -0.39 is 0 Å². The van der Waals surface area contributed by atoms with Crippen molar-refractivity contribution < 1.29 is 9.47 Å². The Labute approximate surface area is 151 Å². The lowest BCUT2D eigenvalue weighted by Gasteiger charge is -2.34. The Kier molecular flexibility index (Phi) is 5.14. The number of rotatable bonds is 6. The molecule has 0 bridgehead atoms. The number of pyridine rings is 1. The third kappa shape index (κ3) is 3.44. The molecule has 0 N–H and O–H groups in total.